The van der Waals surface area contributed by atoms with Crippen LogP contribution in [0.3, 0.4) is 0 Å². The van der Waals surface area contributed by atoms with E-state index in [1.807, 2.05) is 24.3 Å². The van der Waals surface area contributed by atoms with E-state index in [1.54, 1.807) is 18.5 Å². The SMILES string of the molecule is CC(C)Cc1ccc(NC(=O)Nc2nnc(-c3ccncc3)s2)cc1Cl. The van der Waals surface area contributed by atoms with Crippen LogP contribution in [0, 0.1) is 5.92 Å². The number of anilines is 2. The molecule has 0 unspecified atom stereocenters. The maximum atomic E-state index is 12.2. The number of hydrogen-bond donors (Lipinski definition) is 2. The van der Waals surface area contributed by atoms with Gasteiger partial charge in [0.1, 0.15) is 5.01 Å². The summed E-state index contributed by atoms with van der Waals surface area (Å²) >= 11 is 7.58. The molecule has 1 aromatic carbocycles. The highest BCUT2D eigenvalue weighted by Crippen LogP contribution is 2.26. The molecule has 0 aliphatic heterocycles. The first-order chi connectivity index (χ1) is 12.5. The predicted octanol–water partition coefficient (Wildman–Crippen LogP) is 5.10. The molecule has 0 atom stereocenters. The van der Waals surface area contributed by atoms with E-state index >= 15 is 0 Å². The van der Waals surface area contributed by atoms with E-state index in [0.29, 0.717) is 26.8 Å². The molecular formula is C18H18ClN5OS. The van der Waals surface area contributed by atoms with Crippen LogP contribution in [0.2, 0.25) is 5.02 Å². The highest BCUT2D eigenvalue weighted by atomic mass is 35.5. The van der Waals surface area contributed by atoms with Crippen molar-refractivity contribution in [1.29, 1.82) is 0 Å². The Morgan fingerprint density at radius 3 is 2.62 bits per heavy atom. The summed E-state index contributed by atoms with van der Waals surface area (Å²) in [5.41, 5.74) is 2.59. The van der Waals surface area contributed by atoms with Gasteiger partial charge in [0.15, 0.2) is 0 Å². The zero-order valence-electron chi connectivity index (χ0n) is 14.4. The third kappa shape index (κ3) is 4.77. The van der Waals surface area contributed by atoms with Crippen molar-refractivity contribution in [3.63, 3.8) is 0 Å². The van der Waals surface area contributed by atoms with Gasteiger partial charge in [-0.05, 0) is 42.2 Å². The number of carbonyl (C=O) groups excluding carboxylic acids is 1. The van der Waals surface area contributed by atoms with Gasteiger partial charge in [0, 0.05) is 28.7 Å². The van der Waals surface area contributed by atoms with E-state index in [1.165, 1.54) is 11.3 Å². The van der Waals surface area contributed by atoms with Gasteiger partial charge in [-0.2, -0.15) is 0 Å². The van der Waals surface area contributed by atoms with Crippen LogP contribution >= 0.6 is 22.9 Å². The van der Waals surface area contributed by atoms with Crippen molar-refractivity contribution < 1.29 is 4.79 Å². The minimum absolute atomic E-state index is 0.393. The molecule has 134 valence electrons. The quantitative estimate of drug-likeness (QED) is 0.638. The average Bonchev–Trinajstić information content (AvgIpc) is 3.06. The lowest BCUT2D eigenvalue weighted by Gasteiger charge is -2.10. The summed E-state index contributed by atoms with van der Waals surface area (Å²) in [5.74, 6) is 0.515. The molecule has 2 heterocycles. The highest BCUT2D eigenvalue weighted by molar-refractivity contribution is 7.18. The second-order valence-corrected chi connectivity index (χ2v) is 7.52. The van der Waals surface area contributed by atoms with Gasteiger partial charge in [-0.1, -0.05) is 42.9 Å². The largest absolute Gasteiger partial charge is 0.325 e. The number of urea groups is 1. The summed E-state index contributed by atoms with van der Waals surface area (Å²) in [6.07, 6.45) is 4.26. The van der Waals surface area contributed by atoms with E-state index in [2.05, 4.69) is 39.7 Å². The van der Waals surface area contributed by atoms with Crippen molar-refractivity contribution in [2.75, 3.05) is 10.6 Å². The van der Waals surface area contributed by atoms with Crippen LogP contribution in [-0.4, -0.2) is 21.2 Å². The molecule has 3 rings (SSSR count). The molecule has 8 heteroatoms. The van der Waals surface area contributed by atoms with Gasteiger partial charge in [-0.25, -0.2) is 4.79 Å². The fourth-order valence-corrected chi connectivity index (χ4v) is 3.38. The lowest BCUT2D eigenvalue weighted by molar-refractivity contribution is 0.262. The molecule has 0 saturated heterocycles. The zero-order chi connectivity index (χ0) is 18.5. The fourth-order valence-electron chi connectivity index (χ4n) is 2.37. The van der Waals surface area contributed by atoms with E-state index in [0.717, 1.165) is 17.5 Å². The van der Waals surface area contributed by atoms with E-state index < -0.39 is 6.03 Å². The molecule has 0 fully saturated rings. The lowest BCUT2D eigenvalue weighted by Crippen LogP contribution is -2.19. The second kappa shape index (κ2) is 8.25. The number of halogens is 1. The molecule has 2 N–H and O–H groups in total. The Kier molecular flexibility index (Phi) is 5.80. The Labute approximate surface area is 160 Å². The number of hydrogen-bond acceptors (Lipinski definition) is 5. The van der Waals surface area contributed by atoms with Crippen LogP contribution in [-0.2, 0) is 6.42 Å². The van der Waals surface area contributed by atoms with Crippen molar-refractivity contribution in [2.45, 2.75) is 20.3 Å². The number of benzene rings is 1. The van der Waals surface area contributed by atoms with Crippen molar-refractivity contribution in [2.24, 2.45) is 5.92 Å². The van der Waals surface area contributed by atoms with Crippen molar-refractivity contribution in [3.05, 3.63) is 53.3 Å². The zero-order valence-corrected chi connectivity index (χ0v) is 15.9. The molecule has 0 spiro atoms. The Morgan fingerprint density at radius 1 is 1.15 bits per heavy atom. The third-order valence-corrected chi connectivity index (χ3v) is 4.75. The Bertz CT molecular complexity index is 898. The van der Waals surface area contributed by atoms with Crippen LogP contribution < -0.4 is 10.6 Å². The third-order valence-electron chi connectivity index (χ3n) is 3.51. The van der Waals surface area contributed by atoms with Crippen molar-refractivity contribution in [1.82, 2.24) is 15.2 Å². The minimum Gasteiger partial charge on any atom is -0.308 e. The van der Waals surface area contributed by atoms with Crippen LogP contribution in [0.4, 0.5) is 15.6 Å². The van der Waals surface area contributed by atoms with Gasteiger partial charge >= 0.3 is 6.03 Å². The Balaban J connectivity index is 1.63. The van der Waals surface area contributed by atoms with Crippen LogP contribution in [0.15, 0.2) is 42.7 Å². The molecule has 0 aliphatic rings. The lowest BCUT2D eigenvalue weighted by atomic mass is 10.0. The maximum absolute atomic E-state index is 12.2. The van der Waals surface area contributed by atoms with Gasteiger partial charge in [0.05, 0.1) is 0 Å². The summed E-state index contributed by atoms with van der Waals surface area (Å²) in [6, 6.07) is 8.81. The van der Waals surface area contributed by atoms with Gasteiger partial charge in [0.25, 0.3) is 0 Å². The standard InChI is InChI=1S/C18H18ClN5OS/c1-11(2)9-13-3-4-14(10-15(13)19)21-17(25)22-18-24-23-16(26-18)12-5-7-20-8-6-12/h3-8,10-11H,9H2,1-2H3,(H2,21,22,24,25). The number of aromatic nitrogens is 3. The summed E-state index contributed by atoms with van der Waals surface area (Å²) in [4.78, 5) is 16.1. The van der Waals surface area contributed by atoms with Crippen LogP contribution in [0.1, 0.15) is 19.4 Å². The molecular weight excluding hydrogens is 370 g/mol. The van der Waals surface area contributed by atoms with Gasteiger partial charge < -0.3 is 5.32 Å². The van der Waals surface area contributed by atoms with Crippen LogP contribution in [0.5, 0.6) is 0 Å². The molecule has 0 bridgehead atoms. The summed E-state index contributed by atoms with van der Waals surface area (Å²) in [6.45, 7) is 4.27. The Hall–Kier alpha value is -2.51. The minimum atomic E-state index is -0.393. The smallest absolute Gasteiger partial charge is 0.308 e. The van der Waals surface area contributed by atoms with E-state index in [9.17, 15) is 4.79 Å². The molecule has 3 aromatic rings. The number of rotatable bonds is 5. The monoisotopic (exact) mass is 387 g/mol. The highest BCUT2D eigenvalue weighted by Gasteiger charge is 2.11. The number of pyridine rings is 1. The molecule has 0 radical (unpaired) electrons. The number of nitrogens with zero attached hydrogens (tertiary/aromatic N) is 3. The molecule has 2 amide bonds. The number of nitrogens with one attached hydrogen (secondary N) is 2. The summed E-state index contributed by atoms with van der Waals surface area (Å²) < 4.78 is 0. The number of amides is 2. The first-order valence-electron chi connectivity index (χ1n) is 8.11. The van der Waals surface area contributed by atoms with Gasteiger partial charge in [-0.15, -0.1) is 10.2 Å². The molecule has 2 aromatic heterocycles. The normalized spacial score (nSPS) is 10.8. The second-order valence-electron chi connectivity index (χ2n) is 6.13. The predicted molar refractivity (Wildman–Crippen MR) is 106 cm³/mol. The molecule has 26 heavy (non-hydrogen) atoms. The Morgan fingerprint density at radius 2 is 1.92 bits per heavy atom. The first kappa shape index (κ1) is 18.3. The molecule has 0 aliphatic carbocycles. The van der Waals surface area contributed by atoms with Crippen molar-refractivity contribution >= 4 is 39.8 Å². The fraction of sp³-hybridized carbons (Fsp3) is 0.222. The number of carbonyl (C=O) groups is 1. The topological polar surface area (TPSA) is 79.8 Å². The maximum Gasteiger partial charge on any atom is 0.325 e. The van der Waals surface area contributed by atoms with Crippen LogP contribution in [0.25, 0.3) is 10.6 Å². The first-order valence-corrected chi connectivity index (χ1v) is 9.31. The summed E-state index contributed by atoms with van der Waals surface area (Å²) in [7, 11) is 0. The summed E-state index contributed by atoms with van der Waals surface area (Å²) in [5, 5.41) is 15.3. The molecule has 0 saturated carbocycles. The van der Waals surface area contributed by atoms with Gasteiger partial charge in [-0.3, -0.25) is 10.3 Å². The average molecular weight is 388 g/mol. The van der Waals surface area contributed by atoms with E-state index in [4.69, 9.17) is 11.6 Å². The van der Waals surface area contributed by atoms with Gasteiger partial charge in [0.2, 0.25) is 5.13 Å². The van der Waals surface area contributed by atoms with E-state index in [-0.39, 0.29) is 0 Å². The van der Waals surface area contributed by atoms with Crippen molar-refractivity contribution in [3.8, 4) is 10.6 Å². The molecule has 6 nitrogen and oxygen atoms in total.